The molecule has 0 radical (unpaired) electrons. The Morgan fingerprint density at radius 1 is 1.05 bits per heavy atom. The number of halogens is 1. The smallest absolute Gasteiger partial charge is 0.265 e. The van der Waals surface area contributed by atoms with Crippen molar-refractivity contribution in [1.82, 2.24) is 19.8 Å². The highest BCUT2D eigenvalue weighted by molar-refractivity contribution is 7.92. The van der Waals surface area contributed by atoms with Gasteiger partial charge in [0.1, 0.15) is 10.8 Å². The molecule has 0 fully saturated rings. The summed E-state index contributed by atoms with van der Waals surface area (Å²) in [7, 11) is -3.54. The molecule has 4 aromatic rings. The van der Waals surface area contributed by atoms with Gasteiger partial charge >= 0.3 is 0 Å². The second kappa shape index (κ2) is 13.9. The van der Waals surface area contributed by atoms with Crippen LogP contribution in [0.5, 0.6) is 5.75 Å². The molecule has 0 bridgehead atoms. The van der Waals surface area contributed by atoms with Crippen molar-refractivity contribution in [2.45, 2.75) is 71.8 Å². The number of aryl methyl sites for hydroxylation is 1. The van der Waals surface area contributed by atoms with Gasteiger partial charge in [-0.1, -0.05) is 63.3 Å². The van der Waals surface area contributed by atoms with E-state index in [1.165, 1.54) is 4.63 Å². The van der Waals surface area contributed by atoms with Crippen LogP contribution in [0.1, 0.15) is 64.5 Å². The van der Waals surface area contributed by atoms with Crippen LogP contribution in [0, 0.1) is 6.92 Å². The van der Waals surface area contributed by atoms with Crippen molar-refractivity contribution in [3.63, 3.8) is 0 Å². The van der Waals surface area contributed by atoms with Gasteiger partial charge < -0.3 is 10.1 Å². The first-order valence-corrected chi connectivity index (χ1v) is 16.0. The minimum atomic E-state index is -3.54. The Hall–Kier alpha value is -3.57. The van der Waals surface area contributed by atoms with Crippen molar-refractivity contribution >= 4 is 44.6 Å². The predicted molar refractivity (Wildman–Crippen MR) is 163 cm³/mol. The highest BCUT2D eigenvalue weighted by Crippen LogP contribution is 2.28. The molecule has 1 amide bonds. The molecule has 0 aliphatic rings. The van der Waals surface area contributed by atoms with Gasteiger partial charge in [-0.2, -0.15) is 4.63 Å². The summed E-state index contributed by atoms with van der Waals surface area (Å²) in [5.41, 5.74) is 3.01. The Bertz CT molecular complexity index is 1570. The number of hydrogen-bond acceptors (Lipinski definition) is 6. The number of benzene rings is 2. The van der Waals surface area contributed by atoms with Crippen LogP contribution in [0.25, 0.3) is 17.0 Å². The molecule has 2 aromatic carbocycles. The number of ether oxygens (including phenoxy) is 1. The number of nitrogens with zero attached hydrogens (tertiary/aromatic N) is 3. The van der Waals surface area contributed by atoms with Gasteiger partial charge in [0.05, 0.1) is 17.1 Å². The van der Waals surface area contributed by atoms with Gasteiger partial charge in [-0.25, -0.2) is 13.4 Å². The number of unbranched alkanes of at least 4 members (excludes halogenated alkanes) is 4. The van der Waals surface area contributed by atoms with Gasteiger partial charge in [0.25, 0.3) is 5.91 Å². The van der Waals surface area contributed by atoms with E-state index in [2.05, 4.69) is 32.1 Å². The van der Waals surface area contributed by atoms with Gasteiger partial charge in [-0.3, -0.25) is 14.6 Å². The quantitative estimate of drug-likeness (QED) is 0.132. The Morgan fingerprint density at radius 3 is 2.49 bits per heavy atom. The van der Waals surface area contributed by atoms with Crippen LogP contribution in [0.2, 0.25) is 5.02 Å². The minimum Gasteiger partial charge on any atom is -0.478 e. The monoisotopic (exact) mass is 600 g/mol. The number of amides is 1. The molecule has 1 unspecified atom stereocenters. The van der Waals surface area contributed by atoms with Gasteiger partial charge in [-0.15, -0.1) is 5.10 Å². The molecular formula is C29H37ClN6O4S. The summed E-state index contributed by atoms with van der Waals surface area (Å²) >= 11 is 6.28. The minimum absolute atomic E-state index is 0.0196. The van der Waals surface area contributed by atoms with Crippen LogP contribution < -0.4 is 14.8 Å². The van der Waals surface area contributed by atoms with Gasteiger partial charge in [0.2, 0.25) is 10.0 Å². The highest BCUT2D eigenvalue weighted by atomic mass is 35.5. The Labute approximate surface area is 245 Å². The molecule has 2 aromatic heterocycles. The fraction of sp³-hybridized carbons (Fsp3) is 0.414. The molecule has 2 heterocycles. The van der Waals surface area contributed by atoms with E-state index < -0.39 is 16.1 Å². The third-order valence-electron chi connectivity index (χ3n) is 6.62. The Morgan fingerprint density at radius 2 is 1.78 bits per heavy atom. The second-order valence-corrected chi connectivity index (χ2v) is 12.2. The molecular weight excluding hydrogens is 564 g/mol. The van der Waals surface area contributed by atoms with E-state index in [0.717, 1.165) is 43.4 Å². The van der Waals surface area contributed by atoms with Gasteiger partial charge in [0.15, 0.2) is 17.6 Å². The molecule has 0 saturated heterocycles. The molecule has 1 atom stereocenters. The number of carbonyl (C=O) groups is 1. The SMILES string of the molecule is CCCCCCC(Oc1ccccc1NS(=O)(=O)CCCC)C(=O)Nc1ccc(-c2nc3c(Cl)c(C)[nH]n3n2)cc1. The standard InChI is InChI=1S/C29H37ClN6O4S/c1-4-6-8-9-14-25(40-24-13-11-10-12-23(24)35-41(38,39)19-7-5-2)29(37)31-22-17-15-21(16-18-22)27-32-28-26(30)20(3)33-36(28)34-27/h10-13,15-18,25,33,35H,4-9,14,19H2,1-3H3,(H,31,37). The lowest BCUT2D eigenvalue weighted by Crippen LogP contribution is -2.33. The molecule has 41 heavy (non-hydrogen) atoms. The molecule has 4 rings (SSSR count). The third kappa shape index (κ3) is 8.01. The van der Waals surface area contributed by atoms with Crippen molar-refractivity contribution in [1.29, 1.82) is 0 Å². The van der Waals surface area contributed by atoms with E-state index in [1.54, 1.807) is 36.4 Å². The number of anilines is 2. The largest absolute Gasteiger partial charge is 0.478 e. The summed E-state index contributed by atoms with van der Waals surface area (Å²) in [6.45, 7) is 5.91. The normalized spacial score (nSPS) is 12.4. The Balaban J connectivity index is 1.48. The maximum absolute atomic E-state index is 13.4. The topological polar surface area (TPSA) is 130 Å². The first-order valence-electron chi connectivity index (χ1n) is 14.0. The maximum atomic E-state index is 13.4. The summed E-state index contributed by atoms with van der Waals surface area (Å²) < 4.78 is 35.4. The number of aromatic amines is 1. The molecule has 220 valence electrons. The van der Waals surface area contributed by atoms with Gasteiger partial charge in [-0.05, 0) is 62.6 Å². The lowest BCUT2D eigenvalue weighted by Gasteiger charge is -2.21. The predicted octanol–water partition coefficient (Wildman–Crippen LogP) is 6.58. The number of carbonyl (C=O) groups excluding carboxylic acids is 1. The number of para-hydroxylation sites is 2. The summed E-state index contributed by atoms with van der Waals surface area (Å²) in [6.07, 6.45) is 4.91. The van der Waals surface area contributed by atoms with Crippen molar-refractivity contribution in [3.05, 3.63) is 59.2 Å². The van der Waals surface area contributed by atoms with Crippen molar-refractivity contribution in [2.24, 2.45) is 0 Å². The molecule has 12 heteroatoms. The van der Waals surface area contributed by atoms with Gasteiger partial charge in [0, 0.05) is 11.3 Å². The van der Waals surface area contributed by atoms with Crippen molar-refractivity contribution in [2.75, 3.05) is 15.8 Å². The zero-order valence-corrected chi connectivity index (χ0v) is 25.2. The van der Waals surface area contributed by atoms with Crippen LogP contribution >= 0.6 is 11.6 Å². The number of H-pyrrole nitrogens is 1. The van der Waals surface area contributed by atoms with E-state index in [1.807, 2.05) is 26.0 Å². The molecule has 0 saturated carbocycles. The number of sulfonamides is 1. The fourth-order valence-electron chi connectivity index (χ4n) is 4.32. The molecule has 0 spiro atoms. The zero-order chi connectivity index (χ0) is 29.4. The number of aromatic nitrogens is 4. The molecule has 0 aliphatic carbocycles. The van der Waals surface area contributed by atoms with Crippen molar-refractivity contribution < 1.29 is 17.9 Å². The highest BCUT2D eigenvalue weighted by Gasteiger charge is 2.23. The first kappa shape index (κ1) is 30.4. The van der Waals surface area contributed by atoms with E-state index in [0.29, 0.717) is 46.5 Å². The van der Waals surface area contributed by atoms with Crippen LogP contribution in [-0.2, 0) is 14.8 Å². The lowest BCUT2D eigenvalue weighted by atomic mass is 10.1. The lowest BCUT2D eigenvalue weighted by molar-refractivity contribution is -0.123. The van der Waals surface area contributed by atoms with Crippen LogP contribution in [-0.4, -0.2) is 46.0 Å². The average molecular weight is 601 g/mol. The number of hydrogen-bond donors (Lipinski definition) is 3. The molecule has 0 aliphatic heterocycles. The van der Waals surface area contributed by atoms with E-state index in [-0.39, 0.29) is 11.7 Å². The van der Waals surface area contributed by atoms with Crippen LogP contribution in [0.15, 0.2) is 48.5 Å². The summed E-state index contributed by atoms with van der Waals surface area (Å²) in [5.74, 6) is 0.528. The maximum Gasteiger partial charge on any atom is 0.265 e. The van der Waals surface area contributed by atoms with Crippen molar-refractivity contribution in [3.8, 4) is 17.1 Å². The Kier molecular flexibility index (Phi) is 10.3. The van der Waals surface area contributed by atoms with E-state index >= 15 is 0 Å². The molecule has 10 nitrogen and oxygen atoms in total. The third-order valence-corrected chi connectivity index (χ3v) is 8.43. The summed E-state index contributed by atoms with van der Waals surface area (Å²) in [6, 6.07) is 14.0. The number of fused-ring (bicyclic) bond motifs is 1. The average Bonchev–Trinajstić information content (AvgIpc) is 3.48. The second-order valence-electron chi connectivity index (χ2n) is 10.0. The number of rotatable bonds is 15. The summed E-state index contributed by atoms with van der Waals surface area (Å²) in [4.78, 5) is 17.9. The summed E-state index contributed by atoms with van der Waals surface area (Å²) in [5, 5.41) is 10.9. The zero-order valence-electron chi connectivity index (χ0n) is 23.6. The van der Waals surface area contributed by atoms with Crippen LogP contribution in [0.4, 0.5) is 11.4 Å². The fourth-order valence-corrected chi connectivity index (χ4v) is 5.75. The molecule has 3 N–H and O–H groups in total. The first-order chi connectivity index (χ1) is 19.7. The van der Waals surface area contributed by atoms with E-state index in [9.17, 15) is 13.2 Å². The van der Waals surface area contributed by atoms with Crippen LogP contribution in [0.3, 0.4) is 0 Å². The number of nitrogens with one attached hydrogen (secondary N) is 3. The van der Waals surface area contributed by atoms with E-state index in [4.69, 9.17) is 16.3 Å².